The first kappa shape index (κ1) is 22.0. The quantitative estimate of drug-likeness (QED) is 0.218. The molecular weight excluding hydrogens is 446 g/mol. The molecule has 0 amide bonds. The minimum absolute atomic E-state index is 0.460. The maximum absolute atomic E-state index is 2.58. The monoisotopic (exact) mass is 476 g/mol. The molecule has 0 N–H and O–H groups in total. The van der Waals surface area contributed by atoms with E-state index in [-0.39, 0.29) is 0 Å². The Morgan fingerprint density at radius 2 is 0.853 bits per heavy atom. The number of benzene rings is 4. The molecule has 0 aliphatic heterocycles. The highest BCUT2D eigenvalue weighted by molar-refractivity contribution is 7.77. The van der Waals surface area contributed by atoms with Crippen LogP contribution in [0.4, 0.5) is 0 Å². The second kappa shape index (κ2) is 10.00. The van der Waals surface area contributed by atoms with Crippen LogP contribution in [0.15, 0.2) is 133 Å². The summed E-state index contributed by atoms with van der Waals surface area (Å²) in [6.45, 7) is 0. The normalized spacial score (nSPS) is 23.5. The first-order valence-electron chi connectivity index (χ1n) is 12.4. The number of fused-ring (bicyclic) bond motifs is 2. The van der Waals surface area contributed by atoms with Gasteiger partial charge in [0.25, 0.3) is 0 Å². The van der Waals surface area contributed by atoms with Crippen molar-refractivity contribution in [2.45, 2.75) is 24.2 Å². The first-order chi connectivity index (χ1) is 16.9. The lowest BCUT2D eigenvalue weighted by Gasteiger charge is -2.38. The lowest BCUT2D eigenvalue weighted by Crippen LogP contribution is -2.36. The number of rotatable bonds is 6. The van der Waals surface area contributed by atoms with E-state index >= 15 is 0 Å². The Morgan fingerprint density at radius 1 is 0.471 bits per heavy atom. The third kappa shape index (κ3) is 4.20. The molecule has 2 aliphatic carbocycles. The van der Waals surface area contributed by atoms with Crippen LogP contribution in [0.2, 0.25) is 0 Å². The summed E-state index contributed by atoms with van der Waals surface area (Å²) < 4.78 is 0. The molecule has 0 radical (unpaired) electrons. The van der Waals surface area contributed by atoms with Gasteiger partial charge in [-0.05, 0) is 67.4 Å². The zero-order valence-corrected chi connectivity index (χ0v) is 21.1. The highest BCUT2D eigenvalue weighted by Gasteiger charge is 2.51. The van der Waals surface area contributed by atoms with Crippen LogP contribution in [0, 0.1) is 11.8 Å². The zero-order chi connectivity index (χ0) is 22.7. The summed E-state index contributed by atoms with van der Waals surface area (Å²) in [5, 5.41) is 6.11. The van der Waals surface area contributed by atoms with Crippen molar-refractivity contribution >= 4 is 37.1 Å². The molecule has 0 spiro atoms. The molecule has 2 bridgehead atoms. The van der Waals surface area contributed by atoms with Crippen molar-refractivity contribution in [3.8, 4) is 0 Å². The molecule has 0 nitrogen and oxygen atoms in total. The summed E-state index contributed by atoms with van der Waals surface area (Å²) in [6, 6.07) is 45.6. The third-order valence-corrected chi connectivity index (χ3v) is 13.7. The van der Waals surface area contributed by atoms with Gasteiger partial charge in [-0.1, -0.05) is 133 Å². The lowest BCUT2D eigenvalue weighted by molar-refractivity contribution is 0.524. The maximum atomic E-state index is 2.58. The molecule has 1 fully saturated rings. The fourth-order valence-corrected chi connectivity index (χ4v) is 13.2. The second-order valence-corrected chi connectivity index (χ2v) is 14.1. The van der Waals surface area contributed by atoms with Crippen molar-refractivity contribution in [3.05, 3.63) is 133 Å². The van der Waals surface area contributed by atoms with E-state index in [1.807, 2.05) is 0 Å². The van der Waals surface area contributed by atoms with E-state index in [1.165, 1.54) is 34.1 Å². The molecule has 2 aliphatic rings. The molecule has 6 rings (SSSR count). The van der Waals surface area contributed by atoms with Crippen LogP contribution in [0.25, 0.3) is 0 Å². The number of hydrogen-bond donors (Lipinski definition) is 0. The molecule has 1 saturated carbocycles. The molecule has 3 unspecified atom stereocenters. The van der Waals surface area contributed by atoms with Crippen molar-refractivity contribution in [3.63, 3.8) is 0 Å². The topological polar surface area (TPSA) is 0 Å². The Morgan fingerprint density at radius 3 is 1.26 bits per heavy atom. The molecule has 4 atom stereocenters. The van der Waals surface area contributed by atoms with E-state index in [9.17, 15) is 0 Å². The van der Waals surface area contributed by atoms with Gasteiger partial charge in [0, 0.05) is 5.66 Å². The molecule has 0 heterocycles. The minimum Gasteiger partial charge on any atom is -0.0879 e. The van der Waals surface area contributed by atoms with Crippen LogP contribution in [-0.4, -0.2) is 11.3 Å². The van der Waals surface area contributed by atoms with Gasteiger partial charge in [0.2, 0.25) is 0 Å². The van der Waals surface area contributed by atoms with Crippen molar-refractivity contribution in [1.82, 2.24) is 0 Å². The summed E-state index contributed by atoms with van der Waals surface area (Å²) in [5.41, 5.74) is 1.32. The summed E-state index contributed by atoms with van der Waals surface area (Å²) in [6.07, 6.45) is 7.64. The van der Waals surface area contributed by atoms with E-state index in [4.69, 9.17) is 0 Å². The summed E-state index contributed by atoms with van der Waals surface area (Å²) in [7, 11) is -0.931. The Balaban J connectivity index is 1.54. The Labute approximate surface area is 206 Å². The zero-order valence-electron chi connectivity index (χ0n) is 19.3. The fraction of sp³-hybridized carbons (Fsp3) is 0.188. The van der Waals surface area contributed by atoms with Gasteiger partial charge in [-0.15, -0.1) is 0 Å². The Bertz CT molecular complexity index is 1140. The largest absolute Gasteiger partial charge is 0.0879 e. The van der Waals surface area contributed by atoms with Gasteiger partial charge in [0.15, 0.2) is 0 Å². The van der Waals surface area contributed by atoms with E-state index < -0.39 is 15.8 Å². The number of hydrogen-bond acceptors (Lipinski definition) is 0. The van der Waals surface area contributed by atoms with Crippen LogP contribution in [-0.2, 0) is 0 Å². The molecule has 0 saturated heterocycles. The molecule has 168 valence electrons. The predicted octanol–water partition coefficient (Wildman–Crippen LogP) is 6.59. The van der Waals surface area contributed by atoms with Gasteiger partial charge in [0.1, 0.15) is 0 Å². The Hall–Kier alpha value is -2.52. The van der Waals surface area contributed by atoms with Crippen LogP contribution in [0.5, 0.6) is 0 Å². The molecule has 2 heteroatoms. The van der Waals surface area contributed by atoms with E-state index in [1.54, 1.807) is 0 Å². The van der Waals surface area contributed by atoms with Crippen molar-refractivity contribution in [2.24, 2.45) is 11.8 Å². The first-order valence-corrected chi connectivity index (χ1v) is 15.2. The average Bonchev–Trinajstić information content (AvgIpc) is 3.16. The van der Waals surface area contributed by atoms with Gasteiger partial charge in [0.05, 0.1) is 0 Å². The van der Waals surface area contributed by atoms with E-state index in [2.05, 4.69) is 133 Å². The van der Waals surface area contributed by atoms with Crippen LogP contribution < -0.4 is 21.2 Å². The Kier molecular flexibility index (Phi) is 6.46. The van der Waals surface area contributed by atoms with Crippen molar-refractivity contribution in [1.29, 1.82) is 0 Å². The minimum atomic E-state index is -0.471. The SMILES string of the molecule is C1=CC2CC(C1)C(P(c1ccccc1)c1ccccc1)[C@@H]2P(c1ccccc1)c1ccccc1. The second-order valence-electron chi connectivity index (χ2n) is 9.39. The highest BCUT2D eigenvalue weighted by Crippen LogP contribution is 2.63. The highest BCUT2D eigenvalue weighted by atomic mass is 31.1. The van der Waals surface area contributed by atoms with Gasteiger partial charge in [-0.3, -0.25) is 0 Å². The summed E-state index contributed by atoms with van der Waals surface area (Å²) in [5.74, 6) is 1.41. The van der Waals surface area contributed by atoms with Crippen LogP contribution in [0.3, 0.4) is 0 Å². The predicted molar refractivity (Wildman–Crippen MR) is 151 cm³/mol. The summed E-state index contributed by atoms with van der Waals surface area (Å²) >= 11 is 0. The summed E-state index contributed by atoms with van der Waals surface area (Å²) in [4.78, 5) is 0. The number of allylic oxidation sites excluding steroid dienone is 2. The lowest BCUT2D eigenvalue weighted by atomic mass is 9.96. The fourth-order valence-electron chi connectivity index (χ4n) is 6.07. The van der Waals surface area contributed by atoms with Gasteiger partial charge in [-0.2, -0.15) is 0 Å². The average molecular weight is 477 g/mol. The molecule has 34 heavy (non-hydrogen) atoms. The standard InChI is InChI=1S/C32H30P2/c1-5-16-27(17-6-1)33(28-18-7-2-8-19-28)31-25-14-13-15-26(24-25)32(31)34(29-20-9-3-10-21-29)30-22-11-4-12-23-30/h1-14,16-23,25-26,31-32H,15,24H2/t25?,26?,31-,32?/m1/s1. The smallest absolute Gasteiger partial charge is 0.00107 e. The molecular formula is C32H30P2. The molecule has 4 aromatic rings. The van der Waals surface area contributed by atoms with E-state index in [0.29, 0.717) is 17.2 Å². The van der Waals surface area contributed by atoms with Gasteiger partial charge in [-0.25, -0.2) is 0 Å². The van der Waals surface area contributed by atoms with Crippen LogP contribution in [0.1, 0.15) is 12.8 Å². The van der Waals surface area contributed by atoms with Crippen LogP contribution >= 0.6 is 15.8 Å². The maximum Gasteiger partial charge on any atom is 0.00107 e. The van der Waals surface area contributed by atoms with E-state index in [0.717, 1.165) is 5.92 Å². The van der Waals surface area contributed by atoms with Gasteiger partial charge >= 0.3 is 0 Å². The van der Waals surface area contributed by atoms with Crippen molar-refractivity contribution < 1.29 is 0 Å². The molecule has 4 aromatic carbocycles. The molecule has 0 aromatic heterocycles. The van der Waals surface area contributed by atoms with Crippen molar-refractivity contribution in [2.75, 3.05) is 0 Å². The third-order valence-electron chi connectivity index (χ3n) is 7.40. The van der Waals surface area contributed by atoms with Gasteiger partial charge < -0.3 is 0 Å².